The van der Waals surface area contributed by atoms with Gasteiger partial charge in [0.15, 0.2) is 5.65 Å². The van der Waals surface area contributed by atoms with E-state index in [-0.39, 0.29) is 0 Å². The molecule has 0 unspecified atom stereocenters. The van der Waals surface area contributed by atoms with E-state index in [0.29, 0.717) is 0 Å². The average molecular weight is 227 g/mol. The fourth-order valence-electron chi connectivity index (χ4n) is 1.75. The van der Waals surface area contributed by atoms with Crippen molar-refractivity contribution in [3.8, 4) is 0 Å². The summed E-state index contributed by atoms with van der Waals surface area (Å²) in [5.41, 5.74) is 2.87. The minimum absolute atomic E-state index is 0.833. The van der Waals surface area contributed by atoms with Gasteiger partial charge in [0, 0.05) is 22.2 Å². The summed E-state index contributed by atoms with van der Waals surface area (Å²) >= 11 is 0. The summed E-state index contributed by atoms with van der Waals surface area (Å²) in [6.45, 7) is 3.98. The Morgan fingerprint density at radius 1 is 0.875 bits per heavy atom. The first kappa shape index (κ1) is 9.61. The maximum absolute atomic E-state index is 4.50. The smallest absolute Gasteiger partial charge is 0.164 e. The van der Waals surface area contributed by atoms with Crippen LogP contribution >= 0.6 is 8.35 Å². The molecule has 3 heterocycles. The van der Waals surface area contributed by atoms with Crippen LogP contribution in [0.4, 0.5) is 0 Å². The highest BCUT2D eigenvalue weighted by atomic mass is 31.0. The number of fused-ring (bicyclic) bond motifs is 3. The molecule has 0 radical (unpaired) electrons. The minimum Gasteiger partial charge on any atom is -0.247 e. The SMILES string of the molecule is Cc1ccc2c(npc3nc(C)ccc32)n1. The fraction of sp³-hybridized carbons (Fsp3) is 0.167. The van der Waals surface area contributed by atoms with Crippen molar-refractivity contribution in [1.82, 2.24) is 14.7 Å². The number of hydrogen-bond donors (Lipinski definition) is 0. The van der Waals surface area contributed by atoms with Crippen LogP contribution in [-0.4, -0.2) is 14.7 Å². The normalized spacial score (nSPS) is 11.6. The van der Waals surface area contributed by atoms with Crippen molar-refractivity contribution in [2.45, 2.75) is 13.8 Å². The molecule has 0 fully saturated rings. The van der Waals surface area contributed by atoms with Crippen molar-refractivity contribution in [1.29, 1.82) is 0 Å². The molecule has 3 nitrogen and oxygen atoms in total. The molecule has 0 atom stereocenters. The van der Waals surface area contributed by atoms with Gasteiger partial charge in [0.1, 0.15) is 5.25 Å². The molecule has 0 saturated heterocycles. The van der Waals surface area contributed by atoms with Gasteiger partial charge in [-0.25, -0.2) is 14.7 Å². The lowest BCUT2D eigenvalue weighted by Gasteiger charge is -2.02. The zero-order valence-electron chi connectivity index (χ0n) is 9.10. The Morgan fingerprint density at radius 2 is 1.56 bits per heavy atom. The Morgan fingerprint density at radius 3 is 2.38 bits per heavy atom. The molecule has 0 aliphatic carbocycles. The third kappa shape index (κ3) is 1.44. The monoisotopic (exact) mass is 227 g/mol. The molecule has 0 aliphatic rings. The molecule has 78 valence electrons. The van der Waals surface area contributed by atoms with E-state index in [9.17, 15) is 0 Å². The number of rotatable bonds is 0. The Bertz CT molecular complexity index is 633. The van der Waals surface area contributed by atoms with E-state index >= 15 is 0 Å². The highest BCUT2D eigenvalue weighted by molar-refractivity contribution is 7.32. The fourth-order valence-corrected chi connectivity index (χ4v) is 2.60. The van der Waals surface area contributed by atoms with Gasteiger partial charge in [-0.3, -0.25) is 0 Å². The molecule has 3 rings (SSSR count). The predicted octanol–water partition coefficient (Wildman–Crippen LogP) is 3.37. The van der Waals surface area contributed by atoms with Gasteiger partial charge in [-0.1, -0.05) is 0 Å². The van der Waals surface area contributed by atoms with Gasteiger partial charge < -0.3 is 0 Å². The van der Waals surface area contributed by atoms with E-state index in [1.807, 2.05) is 26.0 Å². The number of nitrogens with zero attached hydrogens (tertiary/aromatic N) is 3. The molecule has 3 aromatic rings. The topological polar surface area (TPSA) is 38.7 Å². The second-order valence-electron chi connectivity index (χ2n) is 3.85. The van der Waals surface area contributed by atoms with Gasteiger partial charge in [-0.05, 0) is 38.1 Å². The van der Waals surface area contributed by atoms with E-state index in [0.717, 1.165) is 41.4 Å². The van der Waals surface area contributed by atoms with Crippen LogP contribution < -0.4 is 0 Å². The number of hydrogen-bond acceptors (Lipinski definition) is 3. The lowest BCUT2D eigenvalue weighted by molar-refractivity contribution is 1.23. The van der Waals surface area contributed by atoms with Crippen LogP contribution in [0.2, 0.25) is 0 Å². The molecule has 16 heavy (non-hydrogen) atoms. The molecular weight excluding hydrogens is 217 g/mol. The van der Waals surface area contributed by atoms with Crippen LogP contribution in [0.1, 0.15) is 11.4 Å². The van der Waals surface area contributed by atoms with Gasteiger partial charge in [-0.15, -0.1) is 0 Å². The molecule has 4 heteroatoms. The van der Waals surface area contributed by atoms with Crippen LogP contribution in [-0.2, 0) is 0 Å². The van der Waals surface area contributed by atoms with Crippen molar-refractivity contribution in [3.05, 3.63) is 35.7 Å². The average Bonchev–Trinajstić information content (AvgIpc) is 2.28. The second-order valence-corrected chi connectivity index (χ2v) is 4.67. The molecule has 3 aromatic heterocycles. The summed E-state index contributed by atoms with van der Waals surface area (Å²) in [6, 6.07) is 8.23. The quantitative estimate of drug-likeness (QED) is 0.552. The van der Waals surface area contributed by atoms with E-state index in [1.165, 1.54) is 0 Å². The molecule has 0 bridgehead atoms. The van der Waals surface area contributed by atoms with Crippen molar-refractivity contribution >= 4 is 30.0 Å². The molecule has 0 amide bonds. The summed E-state index contributed by atoms with van der Waals surface area (Å²) in [4.78, 5) is 8.93. The van der Waals surface area contributed by atoms with Crippen LogP contribution in [0.25, 0.3) is 21.7 Å². The van der Waals surface area contributed by atoms with Crippen LogP contribution in [0.5, 0.6) is 0 Å². The summed E-state index contributed by atoms with van der Waals surface area (Å²) in [5, 5.41) is 3.27. The van der Waals surface area contributed by atoms with Crippen molar-refractivity contribution in [2.75, 3.05) is 0 Å². The van der Waals surface area contributed by atoms with E-state index in [4.69, 9.17) is 0 Å². The molecule has 0 N–H and O–H groups in total. The maximum Gasteiger partial charge on any atom is 0.164 e. The molecule has 0 spiro atoms. The largest absolute Gasteiger partial charge is 0.247 e. The predicted molar refractivity (Wildman–Crippen MR) is 66.8 cm³/mol. The minimum atomic E-state index is 0.833. The third-order valence-corrected chi connectivity index (χ3v) is 3.38. The van der Waals surface area contributed by atoms with Gasteiger partial charge in [-0.2, -0.15) is 0 Å². The Kier molecular flexibility index (Phi) is 2.08. The van der Waals surface area contributed by atoms with E-state index in [1.54, 1.807) is 0 Å². The van der Waals surface area contributed by atoms with Crippen molar-refractivity contribution in [3.63, 3.8) is 0 Å². The first-order valence-electron chi connectivity index (χ1n) is 5.11. The Labute approximate surface area is 94.7 Å². The highest BCUT2D eigenvalue weighted by Crippen LogP contribution is 2.26. The third-order valence-electron chi connectivity index (χ3n) is 2.56. The van der Waals surface area contributed by atoms with Crippen LogP contribution in [0, 0.1) is 13.8 Å². The van der Waals surface area contributed by atoms with Crippen molar-refractivity contribution < 1.29 is 0 Å². The number of aryl methyl sites for hydroxylation is 2. The van der Waals surface area contributed by atoms with Gasteiger partial charge >= 0.3 is 0 Å². The first-order valence-corrected chi connectivity index (χ1v) is 5.96. The molecule has 0 saturated carbocycles. The van der Waals surface area contributed by atoms with Crippen molar-refractivity contribution in [2.24, 2.45) is 0 Å². The lowest BCUT2D eigenvalue weighted by Crippen LogP contribution is -1.87. The van der Waals surface area contributed by atoms with E-state index in [2.05, 4.69) is 26.8 Å². The summed E-state index contributed by atoms with van der Waals surface area (Å²) in [5.74, 6) is 0. The van der Waals surface area contributed by atoms with E-state index < -0.39 is 0 Å². The number of aromatic nitrogens is 3. The standard InChI is InChI=1S/C12H10N3P/c1-7-3-5-9-10-6-4-8(2)14-12(10)16-15-11(9)13-7/h3-6H,1-2H3. The lowest BCUT2D eigenvalue weighted by atomic mass is 10.2. The molecule has 0 aliphatic heterocycles. The zero-order chi connectivity index (χ0) is 11.1. The van der Waals surface area contributed by atoms with Gasteiger partial charge in [0.05, 0.1) is 8.35 Å². The first-order chi connectivity index (χ1) is 7.74. The maximum atomic E-state index is 4.50. The summed E-state index contributed by atoms with van der Waals surface area (Å²) < 4.78 is 4.43. The zero-order valence-corrected chi connectivity index (χ0v) is 9.99. The van der Waals surface area contributed by atoms with Crippen LogP contribution in [0.3, 0.4) is 0 Å². The Balaban J connectivity index is 2.50. The Hall–Kier alpha value is -1.60. The van der Waals surface area contributed by atoms with Crippen LogP contribution in [0.15, 0.2) is 24.3 Å². The molecular formula is C12H10N3P. The van der Waals surface area contributed by atoms with Gasteiger partial charge in [0.2, 0.25) is 0 Å². The second kappa shape index (κ2) is 3.46. The summed E-state index contributed by atoms with van der Waals surface area (Å²) in [7, 11) is 0.895. The summed E-state index contributed by atoms with van der Waals surface area (Å²) in [6.07, 6.45) is 0. The molecule has 0 aromatic carbocycles. The number of pyridine rings is 2. The van der Waals surface area contributed by atoms with Gasteiger partial charge in [0.25, 0.3) is 0 Å². The highest BCUT2D eigenvalue weighted by Gasteiger charge is 2.04.